The molecule has 120 valence electrons. The van der Waals surface area contributed by atoms with E-state index in [9.17, 15) is 9.59 Å². The van der Waals surface area contributed by atoms with Crippen molar-refractivity contribution < 1.29 is 19.1 Å². The van der Waals surface area contributed by atoms with Crippen molar-refractivity contribution in [3.8, 4) is 0 Å². The van der Waals surface area contributed by atoms with Crippen LogP contribution < -0.4 is 5.32 Å². The number of methoxy groups -OCH3 is 2. The molecule has 5 nitrogen and oxygen atoms in total. The summed E-state index contributed by atoms with van der Waals surface area (Å²) in [5, 5.41) is 2.64. The highest BCUT2D eigenvalue weighted by Crippen LogP contribution is 2.15. The summed E-state index contributed by atoms with van der Waals surface area (Å²) < 4.78 is 9.65. The van der Waals surface area contributed by atoms with Gasteiger partial charge in [0.15, 0.2) is 0 Å². The van der Waals surface area contributed by atoms with E-state index in [0.717, 1.165) is 5.56 Å². The first-order valence-electron chi connectivity index (χ1n) is 7.09. The molecule has 0 aromatic heterocycles. The SMILES string of the molecule is C=C(CC(NC(=O)c1ccc(C(C)C)cc1)C(=O)OC)OC. The Hall–Kier alpha value is -2.30. The van der Waals surface area contributed by atoms with Crippen LogP contribution in [0.2, 0.25) is 0 Å². The fraction of sp³-hybridized carbons (Fsp3) is 0.412. The maximum absolute atomic E-state index is 12.2. The molecule has 1 atom stereocenters. The lowest BCUT2D eigenvalue weighted by atomic mass is 10.0. The Kier molecular flexibility index (Phi) is 6.63. The fourth-order valence-corrected chi connectivity index (χ4v) is 1.91. The molecule has 0 aliphatic heterocycles. The van der Waals surface area contributed by atoms with Gasteiger partial charge in [-0.1, -0.05) is 32.6 Å². The summed E-state index contributed by atoms with van der Waals surface area (Å²) in [4.78, 5) is 24.0. The van der Waals surface area contributed by atoms with Crippen molar-refractivity contribution in [1.82, 2.24) is 5.32 Å². The van der Waals surface area contributed by atoms with Crippen LogP contribution in [0.3, 0.4) is 0 Å². The van der Waals surface area contributed by atoms with Crippen molar-refractivity contribution in [1.29, 1.82) is 0 Å². The first kappa shape index (κ1) is 17.8. The molecule has 0 heterocycles. The quantitative estimate of drug-likeness (QED) is 0.621. The van der Waals surface area contributed by atoms with Crippen LogP contribution in [0.1, 0.15) is 42.1 Å². The molecule has 0 saturated heterocycles. The van der Waals surface area contributed by atoms with Crippen molar-refractivity contribution in [2.75, 3.05) is 14.2 Å². The second-order valence-corrected chi connectivity index (χ2v) is 5.27. The summed E-state index contributed by atoms with van der Waals surface area (Å²) >= 11 is 0. The van der Waals surface area contributed by atoms with E-state index in [1.165, 1.54) is 14.2 Å². The number of ether oxygens (including phenoxy) is 2. The van der Waals surface area contributed by atoms with E-state index in [-0.39, 0.29) is 12.3 Å². The van der Waals surface area contributed by atoms with Crippen molar-refractivity contribution >= 4 is 11.9 Å². The summed E-state index contributed by atoms with van der Waals surface area (Å²) in [6.07, 6.45) is 0.166. The number of hydrogen-bond donors (Lipinski definition) is 1. The Labute approximate surface area is 131 Å². The minimum Gasteiger partial charge on any atom is -0.502 e. The largest absolute Gasteiger partial charge is 0.502 e. The highest BCUT2D eigenvalue weighted by Gasteiger charge is 2.23. The van der Waals surface area contributed by atoms with E-state index in [0.29, 0.717) is 17.2 Å². The third-order valence-corrected chi connectivity index (χ3v) is 3.35. The average molecular weight is 305 g/mol. The van der Waals surface area contributed by atoms with Crippen LogP contribution in [-0.4, -0.2) is 32.1 Å². The minimum absolute atomic E-state index is 0.166. The van der Waals surface area contributed by atoms with Crippen LogP contribution >= 0.6 is 0 Å². The highest BCUT2D eigenvalue weighted by molar-refractivity contribution is 5.96. The van der Waals surface area contributed by atoms with Gasteiger partial charge in [0.2, 0.25) is 0 Å². The van der Waals surface area contributed by atoms with Crippen LogP contribution in [0.15, 0.2) is 36.6 Å². The number of hydrogen-bond acceptors (Lipinski definition) is 4. The van der Waals surface area contributed by atoms with E-state index in [1.807, 2.05) is 12.1 Å². The summed E-state index contributed by atoms with van der Waals surface area (Å²) in [5.41, 5.74) is 1.63. The van der Waals surface area contributed by atoms with Crippen LogP contribution in [0.5, 0.6) is 0 Å². The summed E-state index contributed by atoms with van der Waals surface area (Å²) in [7, 11) is 2.73. The van der Waals surface area contributed by atoms with Crippen LogP contribution in [0, 0.1) is 0 Å². The molecule has 5 heteroatoms. The lowest BCUT2D eigenvalue weighted by Crippen LogP contribution is -2.41. The lowest BCUT2D eigenvalue weighted by molar-refractivity contribution is -0.143. The molecule has 1 amide bonds. The lowest BCUT2D eigenvalue weighted by Gasteiger charge is -2.17. The molecular weight excluding hydrogens is 282 g/mol. The molecule has 0 radical (unpaired) electrons. The molecule has 0 aliphatic carbocycles. The number of benzene rings is 1. The van der Waals surface area contributed by atoms with E-state index in [1.54, 1.807) is 12.1 Å². The number of carbonyl (C=O) groups excluding carboxylic acids is 2. The Morgan fingerprint density at radius 2 is 1.73 bits per heavy atom. The zero-order chi connectivity index (χ0) is 16.7. The molecule has 0 aliphatic rings. The van der Waals surface area contributed by atoms with Gasteiger partial charge in [0.05, 0.1) is 20.0 Å². The number of rotatable bonds is 7. The maximum Gasteiger partial charge on any atom is 0.328 e. The van der Waals surface area contributed by atoms with Crippen molar-refractivity contribution in [3.05, 3.63) is 47.7 Å². The second-order valence-electron chi connectivity index (χ2n) is 5.27. The van der Waals surface area contributed by atoms with Gasteiger partial charge in [0.25, 0.3) is 5.91 Å². The van der Waals surface area contributed by atoms with Gasteiger partial charge in [-0.3, -0.25) is 4.79 Å². The molecule has 1 unspecified atom stereocenters. The van der Waals surface area contributed by atoms with Crippen molar-refractivity contribution in [2.45, 2.75) is 32.2 Å². The zero-order valence-electron chi connectivity index (χ0n) is 13.5. The number of carbonyl (C=O) groups is 2. The van der Waals surface area contributed by atoms with Gasteiger partial charge in [-0.05, 0) is 23.6 Å². The summed E-state index contributed by atoms with van der Waals surface area (Å²) in [6.45, 7) is 7.82. The molecule has 0 fully saturated rings. The monoisotopic (exact) mass is 305 g/mol. The third-order valence-electron chi connectivity index (χ3n) is 3.35. The van der Waals surface area contributed by atoms with E-state index < -0.39 is 12.0 Å². The van der Waals surface area contributed by atoms with Crippen LogP contribution in [0.4, 0.5) is 0 Å². The molecule has 1 aromatic carbocycles. The zero-order valence-corrected chi connectivity index (χ0v) is 13.5. The maximum atomic E-state index is 12.2. The minimum atomic E-state index is -0.824. The fourth-order valence-electron chi connectivity index (χ4n) is 1.91. The van der Waals surface area contributed by atoms with Crippen LogP contribution in [0.25, 0.3) is 0 Å². The Morgan fingerprint density at radius 1 is 1.14 bits per heavy atom. The first-order valence-corrected chi connectivity index (χ1v) is 7.09. The van der Waals surface area contributed by atoms with Gasteiger partial charge in [-0.25, -0.2) is 4.79 Å². The number of esters is 1. The van der Waals surface area contributed by atoms with E-state index in [4.69, 9.17) is 9.47 Å². The van der Waals surface area contributed by atoms with Crippen molar-refractivity contribution in [2.24, 2.45) is 0 Å². The van der Waals surface area contributed by atoms with Gasteiger partial charge < -0.3 is 14.8 Å². The summed E-state index contributed by atoms with van der Waals surface area (Å²) in [6, 6.07) is 6.46. The predicted molar refractivity (Wildman–Crippen MR) is 84.6 cm³/mol. The Bertz CT molecular complexity index is 534. The average Bonchev–Trinajstić information content (AvgIpc) is 2.53. The van der Waals surface area contributed by atoms with E-state index >= 15 is 0 Å². The molecule has 0 spiro atoms. The first-order chi connectivity index (χ1) is 10.4. The topological polar surface area (TPSA) is 64.6 Å². The number of amides is 1. The molecule has 1 N–H and O–H groups in total. The Balaban J connectivity index is 2.81. The molecule has 1 aromatic rings. The van der Waals surface area contributed by atoms with Gasteiger partial charge >= 0.3 is 5.97 Å². The smallest absolute Gasteiger partial charge is 0.328 e. The molecular formula is C17H23NO4. The number of nitrogens with one attached hydrogen (secondary N) is 1. The Morgan fingerprint density at radius 3 is 2.18 bits per heavy atom. The molecule has 0 saturated carbocycles. The van der Waals surface area contributed by atoms with Gasteiger partial charge in [-0.2, -0.15) is 0 Å². The van der Waals surface area contributed by atoms with Gasteiger partial charge in [-0.15, -0.1) is 0 Å². The second kappa shape index (κ2) is 8.22. The third kappa shape index (κ3) is 4.91. The van der Waals surface area contributed by atoms with Crippen molar-refractivity contribution in [3.63, 3.8) is 0 Å². The summed E-state index contributed by atoms with van der Waals surface area (Å²) in [5.74, 6) is -0.0872. The standard InChI is InChI=1S/C17H23NO4/c1-11(2)13-6-8-14(9-7-13)16(19)18-15(17(20)22-5)10-12(3)21-4/h6-9,11,15H,3,10H2,1-2,4-5H3,(H,18,19). The predicted octanol–water partition coefficient (Wildman–Crippen LogP) is 2.63. The van der Waals surface area contributed by atoms with Gasteiger partial charge in [0, 0.05) is 12.0 Å². The molecule has 22 heavy (non-hydrogen) atoms. The van der Waals surface area contributed by atoms with Crippen LogP contribution in [-0.2, 0) is 14.3 Å². The highest BCUT2D eigenvalue weighted by atomic mass is 16.5. The van der Waals surface area contributed by atoms with E-state index in [2.05, 4.69) is 25.7 Å². The molecule has 0 bridgehead atoms. The normalized spacial score (nSPS) is 11.7. The molecule has 1 rings (SSSR count). The van der Waals surface area contributed by atoms with Gasteiger partial charge in [0.1, 0.15) is 6.04 Å².